The molecular weight excluding hydrogens is 287 g/mol. The third kappa shape index (κ3) is 3.47. The van der Waals surface area contributed by atoms with Crippen LogP contribution >= 0.6 is 0 Å². The van der Waals surface area contributed by atoms with Gasteiger partial charge in [-0.15, -0.1) is 0 Å². The van der Waals surface area contributed by atoms with Gasteiger partial charge in [-0.05, 0) is 19.1 Å². The van der Waals surface area contributed by atoms with Crippen LogP contribution in [0.1, 0.15) is 22.8 Å². The molecular formula is C14H16F3NO3. The van der Waals surface area contributed by atoms with Crippen LogP contribution in [0.4, 0.5) is 18.9 Å². The van der Waals surface area contributed by atoms with E-state index in [9.17, 15) is 18.0 Å². The van der Waals surface area contributed by atoms with E-state index in [-0.39, 0.29) is 12.3 Å². The number of nitrogens with zero attached hydrogens (tertiary/aromatic N) is 1. The first kappa shape index (κ1) is 15.6. The summed E-state index contributed by atoms with van der Waals surface area (Å²) in [6.07, 6.45) is -4.61. The van der Waals surface area contributed by atoms with Gasteiger partial charge in [0.15, 0.2) is 0 Å². The van der Waals surface area contributed by atoms with Crippen molar-refractivity contribution in [3.8, 4) is 0 Å². The Bertz CT molecular complexity index is 511. The molecule has 1 aromatic carbocycles. The predicted molar refractivity (Wildman–Crippen MR) is 70.4 cm³/mol. The molecule has 0 N–H and O–H groups in total. The number of rotatable bonds is 3. The SMILES string of the molecule is CCOC(=O)c1c(N2CCOCC2)cccc1C(F)(F)F. The predicted octanol–water partition coefficient (Wildman–Crippen LogP) is 2.72. The first-order valence-corrected chi connectivity index (χ1v) is 6.65. The Labute approximate surface area is 120 Å². The molecule has 0 unspecified atom stereocenters. The summed E-state index contributed by atoms with van der Waals surface area (Å²) in [5.41, 5.74) is -1.15. The smallest absolute Gasteiger partial charge is 0.417 e. The second-order valence-corrected chi connectivity index (χ2v) is 4.52. The number of alkyl halides is 3. The van der Waals surface area contributed by atoms with Crippen LogP contribution in [-0.4, -0.2) is 38.9 Å². The van der Waals surface area contributed by atoms with Crippen molar-refractivity contribution in [3.05, 3.63) is 29.3 Å². The third-order valence-corrected chi connectivity index (χ3v) is 3.18. The van der Waals surface area contributed by atoms with E-state index in [1.807, 2.05) is 0 Å². The molecule has 0 aliphatic carbocycles. The molecule has 2 rings (SSSR count). The van der Waals surface area contributed by atoms with E-state index in [4.69, 9.17) is 9.47 Å². The molecule has 0 spiro atoms. The summed E-state index contributed by atoms with van der Waals surface area (Å²) in [6.45, 7) is 3.29. The second kappa shape index (κ2) is 6.34. The van der Waals surface area contributed by atoms with E-state index in [0.29, 0.717) is 26.3 Å². The Morgan fingerprint density at radius 2 is 2.00 bits per heavy atom. The van der Waals surface area contributed by atoms with Gasteiger partial charge in [0.25, 0.3) is 0 Å². The maximum absolute atomic E-state index is 13.1. The molecule has 0 atom stereocenters. The fourth-order valence-corrected chi connectivity index (χ4v) is 2.26. The molecule has 4 nitrogen and oxygen atoms in total. The molecule has 0 aromatic heterocycles. The van der Waals surface area contributed by atoms with Gasteiger partial charge in [-0.2, -0.15) is 13.2 Å². The van der Waals surface area contributed by atoms with E-state index in [2.05, 4.69) is 0 Å². The first-order valence-electron chi connectivity index (χ1n) is 6.65. The highest BCUT2D eigenvalue weighted by Crippen LogP contribution is 2.37. The minimum atomic E-state index is -4.61. The second-order valence-electron chi connectivity index (χ2n) is 4.52. The summed E-state index contributed by atoms with van der Waals surface area (Å²) >= 11 is 0. The van der Waals surface area contributed by atoms with Gasteiger partial charge < -0.3 is 14.4 Å². The van der Waals surface area contributed by atoms with Crippen LogP contribution in [0.2, 0.25) is 0 Å². The lowest BCUT2D eigenvalue weighted by Crippen LogP contribution is -2.37. The molecule has 1 aliphatic rings. The maximum atomic E-state index is 13.1. The number of morpholine rings is 1. The molecule has 1 aromatic rings. The Kier molecular flexibility index (Phi) is 4.72. The molecule has 1 saturated heterocycles. The zero-order chi connectivity index (χ0) is 15.5. The Morgan fingerprint density at radius 1 is 1.33 bits per heavy atom. The number of hydrogen-bond donors (Lipinski definition) is 0. The van der Waals surface area contributed by atoms with E-state index in [0.717, 1.165) is 6.07 Å². The van der Waals surface area contributed by atoms with Crippen LogP contribution in [0.5, 0.6) is 0 Å². The molecule has 21 heavy (non-hydrogen) atoms. The van der Waals surface area contributed by atoms with E-state index < -0.39 is 23.3 Å². The van der Waals surface area contributed by atoms with Gasteiger partial charge in [0.1, 0.15) is 0 Å². The number of ether oxygens (including phenoxy) is 2. The van der Waals surface area contributed by atoms with Crippen LogP contribution in [0, 0.1) is 0 Å². The monoisotopic (exact) mass is 303 g/mol. The maximum Gasteiger partial charge on any atom is 0.417 e. The largest absolute Gasteiger partial charge is 0.462 e. The summed E-state index contributed by atoms with van der Waals surface area (Å²) < 4.78 is 49.4. The van der Waals surface area contributed by atoms with E-state index in [1.54, 1.807) is 11.8 Å². The molecule has 1 heterocycles. The Morgan fingerprint density at radius 3 is 2.57 bits per heavy atom. The number of esters is 1. The lowest BCUT2D eigenvalue weighted by atomic mass is 10.0. The summed E-state index contributed by atoms with van der Waals surface area (Å²) in [7, 11) is 0. The summed E-state index contributed by atoms with van der Waals surface area (Å²) in [5.74, 6) is -0.952. The third-order valence-electron chi connectivity index (χ3n) is 3.18. The number of halogens is 3. The highest BCUT2D eigenvalue weighted by molar-refractivity contribution is 5.97. The van der Waals surface area contributed by atoms with Crippen LogP contribution in [0.25, 0.3) is 0 Å². The van der Waals surface area contributed by atoms with Gasteiger partial charge in [-0.1, -0.05) is 6.07 Å². The van der Waals surface area contributed by atoms with Crippen LogP contribution in [0.3, 0.4) is 0 Å². The average molecular weight is 303 g/mol. The quantitative estimate of drug-likeness (QED) is 0.805. The minimum Gasteiger partial charge on any atom is -0.462 e. The molecule has 116 valence electrons. The van der Waals surface area contributed by atoms with Crippen molar-refractivity contribution < 1.29 is 27.4 Å². The average Bonchev–Trinajstić information content (AvgIpc) is 2.46. The lowest BCUT2D eigenvalue weighted by Gasteiger charge is -2.31. The van der Waals surface area contributed by atoms with Crippen molar-refractivity contribution >= 4 is 11.7 Å². The van der Waals surface area contributed by atoms with Crippen molar-refractivity contribution in [2.45, 2.75) is 13.1 Å². The van der Waals surface area contributed by atoms with E-state index >= 15 is 0 Å². The lowest BCUT2D eigenvalue weighted by molar-refractivity contribution is -0.138. The van der Waals surface area contributed by atoms with Crippen molar-refractivity contribution in [1.82, 2.24) is 0 Å². The van der Waals surface area contributed by atoms with Gasteiger partial charge in [0, 0.05) is 13.1 Å². The van der Waals surface area contributed by atoms with Gasteiger partial charge in [0.2, 0.25) is 0 Å². The van der Waals surface area contributed by atoms with Gasteiger partial charge in [0.05, 0.1) is 36.6 Å². The molecule has 0 saturated carbocycles. The van der Waals surface area contributed by atoms with Crippen LogP contribution in [0.15, 0.2) is 18.2 Å². The summed E-state index contributed by atoms with van der Waals surface area (Å²) in [6, 6.07) is 3.71. The molecule has 1 aliphatic heterocycles. The number of anilines is 1. The number of hydrogen-bond acceptors (Lipinski definition) is 4. The van der Waals surface area contributed by atoms with Gasteiger partial charge in [-0.25, -0.2) is 4.79 Å². The van der Waals surface area contributed by atoms with Crippen molar-refractivity contribution in [2.24, 2.45) is 0 Å². The fourth-order valence-electron chi connectivity index (χ4n) is 2.26. The number of carbonyl (C=O) groups excluding carboxylic acids is 1. The minimum absolute atomic E-state index is 0.0214. The zero-order valence-electron chi connectivity index (χ0n) is 11.6. The molecule has 0 radical (unpaired) electrons. The Hall–Kier alpha value is -1.76. The standard InChI is InChI=1S/C14H16F3NO3/c1-2-21-13(19)12-10(14(15,16)17)4-3-5-11(12)18-6-8-20-9-7-18/h3-5H,2,6-9H2,1H3. The van der Waals surface area contributed by atoms with Crippen molar-refractivity contribution in [3.63, 3.8) is 0 Å². The van der Waals surface area contributed by atoms with Crippen LogP contribution < -0.4 is 4.90 Å². The van der Waals surface area contributed by atoms with Gasteiger partial charge >= 0.3 is 12.1 Å². The highest BCUT2D eigenvalue weighted by atomic mass is 19.4. The molecule has 1 fully saturated rings. The van der Waals surface area contributed by atoms with Crippen molar-refractivity contribution in [2.75, 3.05) is 37.8 Å². The Balaban J connectivity index is 2.50. The van der Waals surface area contributed by atoms with Gasteiger partial charge in [-0.3, -0.25) is 0 Å². The molecule has 0 amide bonds. The molecule has 7 heteroatoms. The summed E-state index contributed by atoms with van der Waals surface area (Å²) in [5, 5.41) is 0. The number of carbonyl (C=O) groups is 1. The highest BCUT2D eigenvalue weighted by Gasteiger charge is 2.38. The topological polar surface area (TPSA) is 38.8 Å². The summed E-state index contributed by atoms with van der Waals surface area (Å²) in [4.78, 5) is 13.7. The first-order chi connectivity index (χ1) is 9.95. The van der Waals surface area contributed by atoms with Crippen LogP contribution in [-0.2, 0) is 15.7 Å². The fraction of sp³-hybridized carbons (Fsp3) is 0.500. The molecule has 0 bridgehead atoms. The van der Waals surface area contributed by atoms with Crippen molar-refractivity contribution in [1.29, 1.82) is 0 Å². The van der Waals surface area contributed by atoms with E-state index in [1.165, 1.54) is 12.1 Å². The number of benzene rings is 1. The normalized spacial score (nSPS) is 15.9. The zero-order valence-corrected chi connectivity index (χ0v) is 11.6.